The maximum Gasteiger partial charge on any atom is 0.218 e. The van der Waals surface area contributed by atoms with Crippen molar-refractivity contribution in [3.8, 4) is 0 Å². The van der Waals surface area contributed by atoms with Crippen LogP contribution in [-0.2, 0) is 10.0 Å². The first kappa shape index (κ1) is 19.2. The van der Waals surface area contributed by atoms with Crippen molar-refractivity contribution in [3.05, 3.63) is 0 Å². The SMILES string of the molecule is CC1CN(C(C)(C)C)CCN1S(=O)(=O)C1CCN(C(C)(C)C)C1. The van der Waals surface area contributed by atoms with Crippen LogP contribution in [0, 0.1) is 0 Å². The smallest absolute Gasteiger partial charge is 0.218 e. The molecule has 0 spiro atoms. The third kappa shape index (κ3) is 4.09. The van der Waals surface area contributed by atoms with E-state index in [4.69, 9.17) is 0 Å². The molecule has 0 saturated carbocycles. The molecule has 2 heterocycles. The third-order valence-corrected chi connectivity index (χ3v) is 7.78. The largest absolute Gasteiger partial charge is 0.297 e. The summed E-state index contributed by atoms with van der Waals surface area (Å²) < 4.78 is 28.0. The summed E-state index contributed by atoms with van der Waals surface area (Å²) in [5.41, 5.74) is 0.140. The van der Waals surface area contributed by atoms with Crippen molar-refractivity contribution in [1.82, 2.24) is 14.1 Å². The van der Waals surface area contributed by atoms with Gasteiger partial charge in [0.1, 0.15) is 0 Å². The van der Waals surface area contributed by atoms with Gasteiger partial charge < -0.3 is 0 Å². The highest BCUT2D eigenvalue weighted by atomic mass is 32.2. The van der Waals surface area contributed by atoms with Crippen molar-refractivity contribution in [2.24, 2.45) is 0 Å². The minimum atomic E-state index is -3.21. The second-order valence-electron chi connectivity index (χ2n) is 9.15. The molecule has 136 valence electrons. The summed E-state index contributed by atoms with van der Waals surface area (Å²) in [6.45, 7) is 18.9. The maximum atomic E-state index is 13.1. The zero-order valence-corrected chi connectivity index (χ0v) is 16.8. The van der Waals surface area contributed by atoms with E-state index in [9.17, 15) is 8.42 Å². The zero-order valence-electron chi connectivity index (χ0n) is 16.0. The topological polar surface area (TPSA) is 43.9 Å². The molecule has 5 nitrogen and oxygen atoms in total. The minimum absolute atomic E-state index is 0.0425. The van der Waals surface area contributed by atoms with Crippen LogP contribution in [0.25, 0.3) is 0 Å². The van der Waals surface area contributed by atoms with E-state index in [1.807, 2.05) is 6.92 Å². The lowest BCUT2D eigenvalue weighted by molar-refractivity contribution is 0.0644. The molecule has 0 aromatic rings. The van der Waals surface area contributed by atoms with E-state index in [1.54, 1.807) is 4.31 Å². The van der Waals surface area contributed by atoms with Crippen molar-refractivity contribution in [1.29, 1.82) is 0 Å². The number of nitrogens with zero attached hydrogens (tertiary/aromatic N) is 3. The van der Waals surface area contributed by atoms with Gasteiger partial charge in [-0.1, -0.05) is 0 Å². The van der Waals surface area contributed by atoms with Crippen molar-refractivity contribution in [2.75, 3.05) is 32.7 Å². The number of likely N-dealkylation sites (tertiary alicyclic amines) is 1. The fraction of sp³-hybridized carbons (Fsp3) is 1.00. The summed E-state index contributed by atoms with van der Waals surface area (Å²) in [7, 11) is -3.21. The van der Waals surface area contributed by atoms with Gasteiger partial charge in [0.25, 0.3) is 0 Å². The Morgan fingerprint density at radius 2 is 1.35 bits per heavy atom. The molecule has 0 radical (unpaired) electrons. The van der Waals surface area contributed by atoms with Gasteiger partial charge in [-0.05, 0) is 54.9 Å². The molecule has 2 unspecified atom stereocenters. The Kier molecular flexibility index (Phi) is 5.23. The molecule has 0 amide bonds. The van der Waals surface area contributed by atoms with Crippen LogP contribution in [-0.4, -0.2) is 77.6 Å². The molecule has 0 N–H and O–H groups in total. The molecule has 6 heteroatoms. The van der Waals surface area contributed by atoms with Crippen LogP contribution in [0.2, 0.25) is 0 Å². The van der Waals surface area contributed by atoms with Crippen LogP contribution in [0.5, 0.6) is 0 Å². The van der Waals surface area contributed by atoms with Gasteiger partial charge in [0, 0.05) is 49.8 Å². The van der Waals surface area contributed by atoms with Gasteiger partial charge in [-0.25, -0.2) is 8.42 Å². The summed E-state index contributed by atoms with van der Waals surface area (Å²) in [5, 5.41) is -0.245. The number of hydrogen-bond donors (Lipinski definition) is 0. The van der Waals surface area contributed by atoms with E-state index in [1.165, 1.54) is 0 Å². The van der Waals surface area contributed by atoms with Crippen molar-refractivity contribution >= 4 is 10.0 Å². The maximum absolute atomic E-state index is 13.1. The second kappa shape index (κ2) is 6.28. The van der Waals surface area contributed by atoms with E-state index in [-0.39, 0.29) is 22.4 Å². The Labute approximate surface area is 143 Å². The highest BCUT2D eigenvalue weighted by Crippen LogP contribution is 2.29. The Hall–Kier alpha value is -0.170. The lowest BCUT2D eigenvalue weighted by atomic mass is 10.0. The van der Waals surface area contributed by atoms with Crippen molar-refractivity contribution < 1.29 is 8.42 Å². The molecule has 2 saturated heterocycles. The number of piperazine rings is 1. The summed E-state index contributed by atoms with van der Waals surface area (Å²) in [4.78, 5) is 4.69. The standard InChI is InChI=1S/C17H35N3O2S/c1-14-12-19(17(5,6)7)10-11-20(14)23(21,22)15-8-9-18(13-15)16(2,3)4/h14-15H,8-13H2,1-7H3. The lowest BCUT2D eigenvalue weighted by Gasteiger charge is -2.45. The summed E-state index contributed by atoms with van der Waals surface area (Å²) in [5.74, 6) is 0. The molecule has 2 fully saturated rings. The fourth-order valence-electron chi connectivity index (χ4n) is 3.70. The second-order valence-corrected chi connectivity index (χ2v) is 11.3. The van der Waals surface area contributed by atoms with E-state index in [2.05, 4.69) is 51.3 Å². The Bertz CT molecular complexity index is 519. The Morgan fingerprint density at radius 1 is 0.826 bits per heavy atom. The van der Waals surface area contributed by atoms with Gasteiger partial charge >= 0.3 is 0 Å². The fourth-order valence-corrected chi connectivity index (χ4v) is 5.76. The van der Waals surface area contributed by atoms with Crippen LogP contribution in [0.4, 0.5) is 0 Å². The summed E-state index contributed by atoms with van der Waals surface area (Å²) >= 11 is 0. The predicted octanol–water partition coefficient (Wildman–Crippen LogP) is 1.99. The van der Waals surface area contributed by atoms with Crippen LogP contribution in [0.3, 0.4) is 0 Å². The lowest BCUT2D eigenvalue weighted by Crippen LogP contribution is -2.60. The van der Waals surface area contributed by atoms with Gasteiger partial charge in [-0.15, -0.1) is 0 Å². The van der Waals surface area contributed by atoms with Crippen LogP contribution >= 0.6 is 0 Å². The average molecular weight is 346 g/mol. The minimum Gasteiger partial charge on any atom is -0.297 e. The first-order chi connectivity index (χ1) is 10.3. The quantitative estimate of drug-likeness (QED) is 0.768. The summed E-state index contributed by atoms with van der Waals surface area (Å²) in [6.07, 6.45) is 0.756. The Balaban J connectivity index is 2.07. The highest BCUT2D eigenvalue weighted by Gasteiger charge is 2.43. The number of sulfonamides is 1. The Morgan fingerprint density at radius 3 is 1.78 bits per heavy atom. The molecular weight excluding hydrogens is 310 g/mol. The molecule has 0 aromatic heterocycles. The van der Waals surface area contributed by atoms with Gasteiger partial charge in [0.05, 0.1) is 5.25 Å². The van der Waals surface area contributed by atoms with Gasteiger partial charge in [-0.3, -0.25) is 9.80 Å². The number of rotatable bonds is 2. The molecule has 2 atom stereocenters. The normalized spacial score (nSPS) is 30.0. The van der Waals surface area contributed by atoms with Crippen molar-refractivity contribution in [3.63, 3.8) is 0 Å². The molecule has 0 aliphatic carbocycles. The zero-order chi connectivity index (χ0) is 17.6. The van der Waals surface area contributed by atoms with Crippen molar-refractivity contribution in [2.45, 2.75) is 77.3 Å². The monoisotopic (exact) mass is 345 g/mol. The molecule has 0 bridgehead atoms. The molecule has 2 aliphatic heterocycles. The first-order valence-corrected chi connectivity index (χ1v) is 10.3. The third-order valence-electron chi connectivity index (χ3n) is 5.36. The first-order valence-electron chi connectivity index (χ1n) is 8.84. The molecular formula is C17H35N3O2S. The molecule has 23 heavy (non-hydrogen) atoms. The van der Waals surface area contributed by atoms with E-state index in [0.717, 1.165) is 26.1 Å². The van der Waals surface area contributed by atoms with E-state index in [0.29, 0.717) is 13.1 Å². The molecule has 2 rings (SSSR count). The molecule has 2 aliphatic rings. The summed E-state index contributed by atoms with van der Waals surface area (Å²) in [6, 6.07) is 0.0525. The highest BCUT2D eigenvalue weighted by molar-refractivity contribution is 7.89. The van der Waals surface area contributed by atoms with E-state index < -0.39 is 10.0 Å². The van der Waals surface area contributed by atoms with Crippen LogP contribution in [0.15, 0.2) is 0 Å². The predicted molar refractivity (Wildman–Crippen MR) is 96.1 cm³/mol. The van der Waals surface area contributed by atoms with Crippen LogP contribution < -0.4 is 0 Å². The average Bonchev–Trinajstić information content (AvgIpc) is 2.87. The van der Waals surface area contributed by atoms with Gasteiger partial charge in [0.2, 0.25) is 10.0 Å². The van der Waals surface area contributed by atoms with Gasteiger partial charge in [-0.2, -0.15) is 4.31 Å². The molecule has 0 aromatic carbocycles. The van der Waals surface area contributed by atoms with Crippen LogP contribution in [0.1, 0.15) is 54.9 Å². The van der Waals surface area contributed by atoms with Gasteiger partial charge in [0.15, 0.2) is 0 Å². The number of hydrogen-bond acceptors (Lipinski definition) is 4. The van der Waals surface area contributed by atoms with E-state index >= 15 is 0 Å².